The first-order chi connectivity index (χ1) is 8.58. The summed E-state index contributed by atoms with van der Waals surface area (Å²) in [6.45, 7) is 4.64. The molecule has 0 radical (unpaired) electrons. The normalized spacial score (nSPS) is 10.3. The van der Waals surface area contributed by atoms with Crippen LogP contribution < -0.4 is 11.1 Å². The summed E-state index contributed by atoms with van der Waals surface area (Å²) in [6, 6.07) is 5.46. The van der Waals surface area contributed by atoms with Crippen LogP contribution >= 0.6 is 11.3 Å². The SMILES string of the molecule is Cc1cc(CNC(=O)c2ncccc2N)sc1C. The van der Waals surface area contributed by atoms with E-state index in [4.69, 9.17) is 5.73 Å². The van der Waals surface area contributed by atoms with Crippen LogP contribution in [0.4, 0.5) is 5.69 Å². The van der Waals surface area contributed by atoms with E-state index >= 15 is 0 Å². The summed E-state index contributed by atoms with van der Waals surface area (Å²) in [4.78, 5) is 18.3. The third kappa shape index (κ3) is 2.68. The molecule has 0 unspecified atom stereocenters. The highest BCUT2D eigenvalue weighted by molar-refractivity contribution is 7.12. The first kappa shape index (κ1) is 12.6. The van der Waals surface area contributed by atoms with Gasteiger partial charge in [-0.3, -0.25) is 4.79 Å². The van der Waals surface area contributed by atoms with Crippen molar-refractivity contribution in [1.82, 2.24) is 10.3 Å². The summed E-state index contributed by atoms with van der Waals surface area (Å²) in [5, 5.41) is 2.83. The Hall–Kier alpha value is -1.88. The van der Waals surface area contributed by atoms with E-state index in [0.717, 1.165) is 4.88 Å². The fourth-order valence-corrected chi connectivity index (χ4v) is 2.59. The predicted octanol–water partition coefficient (Wildman–Crippen LogP) is 2.27. The topological polar surface area (TPSA) is 68.0 Å². The van der Waals surface area contributed by atoms with E-state index in [2.05, 4.69) is 30.2 Å². The van der Waals surface area contributed by atoms with E-state index in [0.29, 0.717) is 12.2 Å². The average Bonchev–Trinajstić information content (AvgIpc) is 2.66. The second-order valence-corrected chi connectivity index (χ2v) is 5.42. The van der Waals surface area contributed by atoms with Gasteiger partial charge >= 0.3 is 0 Å². The van der Waals surface area contributed by atoms with Gasteiger partial charge in [0.15, 0.2) is 5.69 Å². The highest BCUT2D eigenvalue weighted by Crippen LogP contribution is 2.20. The molecule has 0 saturated carbocycles. The maximum Gasteiger partial charge on any atom is 0.272 e. The number of aromatic nitrogens is 1. The number of nitrogens with one attached hydrogen (secondary N) is 1. The number of rotatable bonds is 3. The molecule has 1 amide bonds. The molecule has 0 aromatic carbocycles. The minimum absolute atomic E-state index is 0.239. The monoisotopic (exact) mass is 261 g/mol. The van der Waals surface area contributed by atoms with Gasteiger partial charge in [-0.25, -0.2) is 4.98 Å². The minimum Gasteiger partial charge on any atom is -0.397 e. The minimum atomic E-state index is -0.239. The molecule has 5 heteroatoms. The van der Waals surface area contributed by atoms with Crippen molar-refractivity contribution in [2.45, 2.75) is 20.4 Å². The van der Waals surface area contributed by atoms with Crippen molar-refractivity contribution < 1.29 is 4.79 Å². The van der Waals surface area contributed by atoms with Gasteiger partial charge in [-0.2, -0.15) is 0 Å². The molecule has 0 aliphatic rings. The Morgan fingerprint density at radius 3 is 2.89 bits per heavy atom. The summed E-state index contributed by atoms with van der Waals surface area (Å²) >= 11 is 1.69. The highest BCUT2D eigenvalue weighted by Gasteiger charge is 2.10. The maximum atomic E-state index is 11.9. The maximum absolute atomic E-state index is 11.9. The zero-order valence-electron chi connectivity index (χ0n) is 10.4. The van der Waals surface area contributed by atoms with Gasteiger partial charge in [-0.05, 0) is 37.6 Å². The molecular formula is C13H15N3OS. The molecule has 4 nitrogen and oxygen atoms in total. The molecule has 2 heterocycles. The second kappa shape index (κ2) is 5.18. The lowest BCUT2D eigenvalue weighted by Crippen LogP contribution is -2.24. The van der Waals surface area contributed by atoms with Gasteiger partial charge in [0.05, 0.1) is 12.2 Å². The van der Waals surface area contributed by atoms with Crippen molar-refractivity contribution in [3.8, 4) is 0 Å². The molecule has 2 rings (SSSR count). The number of carbonyl (C=O) groups is 1. The van der Waals surface area contributed by atoms with Gasteiger partial charge < -0.3 is 11.1 Å². The Kier molecular flexibility index (Phi) is 3.62. The lowest BCUT2D eigenvalue weighted by Gasteiger charge is -2.04. The molecule has 3 N–H and O–H groups in total. The first-order valence-electron chi connectivity index (χ1n) is 5.62. The van der Waals surface area contributed by atoms with Crippen molar-refractivity contribution in [3.63, 3.8) is 0 Å². The van der Waals surface area contributed by atoms with Crippen LogP contribution in [0.15, 0.2) is 24.4 Å². The average molecular weight is 261 g/mol. The zero-order chi connectivity index (χ0) is 13.1. The van der Waals surface area contributed by atoms with Crippen LogP contribution in [-0.2, 0) is 6.54 Å². The summed E-state index contributed by atoms with van der Waals surface area (Å²) in [5.74, 6) is -0.239. The van der Waals surface area contributed by atoms with Gasteiger partial charge in [0, 0.05) is 16.0 Å². The smallest absolute Gasteiger partial charge is 0.272 e. The molecule has 2 aromatic heterocycles. The van der Waals surface area contributed by atoms with Crippen LogP contribution in [0.25, 0.3) is 0 Å². The first-order valence-corrected chi connectivity index (χ1v) is 6.44. The zero-order valence-corrected chi connectivity index (χ0v) is 11.2. The number of thiophene rings is 1. The Balaban J connectivity index is 2.03. The highest BCUT2D eigenvalue weighted by atomic mass is 32.1. The van der Waals surface area contributed by atoms with Gasteiger partial charge in [-0.1, -0.05) is 0 Å². The summed E-state index contributed by atoms with van der Waals surface area (Å²) in [7, 11) is 0. The molecule has 0 spiro atoms. The van der Waals surface area contributed by atoms with E-state index in [1.165, 1.54) is 10.4 Å². The van der Waals surface area contributed by atoms with Crippen molar-refractivity contribution in [2.24, 2.45) is 0 Å². The predicted molar refractivity (Wildman–Crippen MR) is 73.6 cm³/mol. The molecule has 18 heavy (non-hydrogen) atoms. The lowest BCUT2D eigenvalue weighted by molar-refractivity contribution is 0.0947. The number of nitrogens with zero attached hydrogens (tertiary/aromatic N) is 1. The molecule has 0 saturated heterocycles. The molecule has 0 aliphatic heterocycles. The van der Waals surface area contributed by atoms with Gasteiger partial charge in [-0.15, -0.1) is 11.3 Å². The summed E-state index contributed by atoms with van der Waals surface area (Å²) in [5.41, 5.74) is 7.63. The third-order valence-electron chi connectivity index (χ3n) is 2.69. The number of carbonyl (C=O) groups excluding carboxylic acids is 1. The number of hydrogen-bond donors (Lipinski definition) is 2. The summed E-state index contributed by atoms with van der Waals surface area (Å²) < 4.78 is 0. The molecular weight excluding hydrogens is 246 g/mol. The molecule has 0 fully saturated rings. The van der Waals surface area contributed by atoms with Crippen LogP contribution in [-0.4, -0.2) is 10.9 Å². The van der Waals surface area contributed by atoms with Crippen LogP contribution in [0.5, 0.6) is 0 Å². The fraction of sp³-hybridized carbons (Fsp3) is 0.231. The number of pyridine rings is 1. The number of hydrogen-bond acceptors (Lipinski definition) is 4. The Labute approximate surface area is 110 Å². The van der Waals surface area contributed by atoms with Crippen molar-refractivity contribution in [1.29, 1.82) is 0 Å². The summed E-state index contributed by atoms with van der Waals surface area (Å²) in [6.07, 6.45) is 1.56. The van der Waals surface area contributed by atoms with Crippen LogP contribution in [0.3, 0.4) is 0 Å². The Morgan fingerprint density at radius 2 is 2.28 bits per heavy atom. The number of nitrogen functional groups attached to an aromatic ring is 1. The largest absolute Gasteiger partial charge is 0.397 e. The number of anilines is 1. The molecule has 2 aromatic rings. The van der Waals surface area contributed by atoms with Crippen LogP contribution in [0.1, 0.15) is 25.8 Å². The van der Waals surface area contributed by atoms with Crippen LogP contribution in [0, 0.1) is 13.8 Å². The van der Waals surface area contributed by atoms with E-state index < -0.39 is 0 Å². The van der Waals surface area contributed by atoms with E-state index in [1.807, 2.05) is 0 Å². The molecule has 0 aliphatic carbocycles. The van der Waals surface area contributed by atoms with Crippen molar-refractivity contribution >= 4 is 22.9 Å². The number of aryl methyl sites for hydroxylation is 2. The van der Waals surface area contributed by atoms with Crippen LogP contribution in [0.2, 0.25) is 0 Å². The molecule has 0 bridgehead atoms. The third-order valence-corrected chi connectivity index (χ3v) is 3.85. The van der Waals surface area contributed by atoms with Gasteiger partial charge in [0.2, 0.25) is 0 Å². The number of amides is 1. The van der Waals surface area contributed by atoms with E-state index in [9.17, 15) is 4.79 Å². The Morgan fingerprint density at radius 1 is 1.50 bits per heavy atom. The second-order valence-electron chi connectivity index (χ2n) is 4.08. The standard InChI is InChI=1S/C13H15N3OS/c1-8-6-10(18-9(8)2)7-16-13(17)12-11(14)4-3-5-15-12/h3-6H,7,14H2,1-2H3,(H,16,17). The van der Waals surface area contributed by atoms with Gasteiger partial charge in [0.1, 0.15) is 0 Å². The Bertz CT molecular complexity index is 558. The van der Waals surface area contributed by atoms with Crippen molar-refractivity contribution in [2.75, 3.05) is 5.73 Å². The van der Waals surface area contributed by atoms with E-state index in [1.54, 1.807) is 29.7 Å². The van der Waals surface area contributed by atoms with Crippen molar-refractivity contribution in [3.05, 3.63) is 45.4 Å². The fourth-order valence-electron chi connectivity index (χ4n) is 1.60. The molecule has 94 valence electrons. The molecule has 0 atom stereocenters. The van der Waals surface area contributed by atoms with Gasteiger partial charge in [0.25, 0.3) is 5.91 Å². The van der Waals surface area contributed by atoms with E-state index in [-0.39, 0.29) is 11.6 Å². The lowest BCUT2D eigenvalue weighted by atomic mass is 10.2. The quantitative estimate of drug-likeness (QED) is 0.890. The number of nitrogens with two attached hydrogens (primary N) is 1.